The van der Waals surface area contributed by atoms with E-state index in [2.05, 4.69) is 9.97 Å². The van der Waals surface area contributed by atoms with Crippen molar-refractivity contribution in [2.75, 3.05) is 36.8 Å². The van der Waals surface area contributed by atoms with E-state index in [0.29, 0.717) is 43.8 Å². The van der Waals surface area contributed by atoms with Crippen molar-refractivity contribution in [3.05, 3.63) is 18.5 Å². The number of anilines is 1. The van der Waals surface area contributed by atoms with Gasteiger partial charge >= 0.3 is 0 Å². The SMILES string of the molecule is O=S(=O)(CC1CCCC1)N1CCN(c2ncccn2)CC1. The number of hydrogen-bond acceptors (Lipinski definition) is 5. The van der Waals surface area contributed by atoms with E-state index in [9.17, 15) is 8.42 Å². The monoisotopic (exact) mass is 310 g/mol. The molecule has 0 N–H and O–H groups in total. The van der Waals surface area contributed by atoms with Crippen molar-refractivity contribution < 1.29 is 8.42 Å². The Hall–Kier alpha value is -1.21. The summed E-state index contributed by atoms with van der Waals surface area (Å²) >= 11 is 0. The van der Waals surface area contributed by atoms with Crippen molar-refractivity contribution in [3.63, 3.8) is 0 Å². The first-order chi connectivity index (χ1) is 10.1. The van der Waals surface area contributed by atoms with E-state index in [0.717, 1.165) is 12.8 Å². The number of nitrogens with zero attached hydrogens (tertiary/aromatic N) is 4. The molecule has 116 valence electrons. The molecule has 0 unspecified atom stereocenters. The maximum Gasteiger partial charge on any atom is 0.225 e. The molecule has 1 aliphatic heterocycles. The fraction of sp³-hybridized carbons (Fsp3) is 0.714. The number of aromatic nitrogens is 2. The van der Waals surface area contributed by atoms with Gasteiger partial charge < -0.3 is 4.90 Å². The highest BCUT2D eigenvalue weighted by atomic mass is 32.2. The summed E-state index contributed by atoms with van der Waals surface area (Å²) in [6.45, 7) is 2.39. The molecule has 0 spiro atoms. The van der Waals surface area contributed by atoms with Crippen molar-refractivity contribution in [2.45, 2.75) is 25.7 Å². The van der Waals surface area contributed by atoms with Crippen molar-refractivity contribution in [1.82, 2.24) is 14.3 Å². The third-order valence-corrected chi connectivity index (χ3v) is 6.43. The van der Waals surface area contributed by atoms with Crippen LogP contribution in [-0.2, 0) is 10.0 Å². The van der Waals surface area contributed by atoms with E-state index in [1.54, 1.807) is 22.8 Å². The van der Waals surface area contributed by atoms with Crippen LogP contribution in [0, 0.1) is 5.92 Å². The van der Waals surface area contributed by atoms with Crippen LogP contribution >= 0.6 is 0 Å². The highest BCUT2D eigenvalue weighted by molar-refractivity contribution is 7.89. The minimum Gasteiger partial charge on any atom is -0.338 e. The molecule has 6 nitrogen and oxygen atoms in total. The molecule has 0 atom stereocenters. The van der Waals surface area contributed by atoms with Crippen molar-refractivity contribution in [2.24, 2.45) is 5.92 Å². The van der Waals surface area contributed by atoms with Crippen LogP contribution in [0.4, 0.5) is 5.95 Å². The first-order valence-electron chi connectivity index (χ1n) is 7.65. The molecule has 2 fully saturated rings. The van der Waals surface area contributed by atoms with Gasteiger partial charge in [-0.25, -0.2) is 18.4 Å². The zero-order valence-electron chi connectivity index (χ0n) is 12.2. The molecular formula is C14H22N4O2S. The van der Waals surface area contributed by atoms with E-state index < -0.39 is 10.0 Å². The lowest BCUT2D eigenvalue weighted by Gasteiger charge is -2.34. The summed E-state index contributed by atoms with van der Waals surface area (Å²) in [6.07, 6.45) is 7.92. The molecule has 2 heterocycles. The third-order valence-electron chi connectivity index (χ3n) is 4.39. The molecule has 0 amide bonds. The molecular weight excluding hydrogens is 288 g/mol. The summed E-state index contributed by atoms with van der Waals surface area (Å²) in [5.74, 6) is 1.38. The third kappa shape index (κ3) is 3.52. The van der Waals surface area contributed by atoms with Gasteiger partial charge in [-0.2, -0.15) is 4.31 Å². The lowest BCUT2D eigenvalue weighted by Crippen LogP contribution is -2.50. The van der Waals surface area contributed by atoms with Gasteiger partial charge in [0.2, 0.25) is 16.0 Å². The van der Waals surface area contributed by atoms with Gasteiger partial charge in [0.1, 0.15) is 0 Å². The molecule has 0 aromatic carbocycles. The summed E-state index contributed by atoms with van der Waals surface area (Å²) in [5, 5.41) is 0. The summed E-state index contributed by atoms with van der Waals surface area (Å²) in [5.41, 5.74) is 0. The normalized spacial score (nSPS) is 21.8. The maximum absolute atomic E-state index is 12.5. The van der Waals surface area contributed by atoms with Gasteiger partial charge in [-0.05, 0) is 24.8 Å². The lowest BCUT2D eigenvalue weighted by atomic mass is 10.1. The average Bonchev–Trinajstić information content (AvgIpc) is 3.00. The van der Waals surface area contributed by atoms with Crippen LogP contribution in [0.25, 0.3) is 0 Å². The van der Waals surface area contributed by atoms with Gasteiger partial charge in [-0.1, -0.05) is 12.8 Å². The second-order valence-corrected chi connectivity index (χ2v) is 7.88. The van der Waals surface area contributed by atoms with Crippen molar-refractivity contribution in [1.29, 1.82) is 0 Å². The Labute approximate surface area is 126 Å². The Morgan fingerprint density at radius 3 is 2.29 bits per heavy atom. The van der Waals surface area contributed by atoms with Crippen LogP contribution in [0.2, 0.25) is 0 Å². The Morgan fingerprint density at radius 2 is 1.67 bits per heavy atom. The van der Waals surface area contributed by atoms with Gasteiger partial charge in [0.25, 0.3) is 0 Å². The second kappa shape index (κ2) is 6.27. The molecule has 1 aromatic rings. The standard InChI is InChI=1S/C14H22N4O2S/c19-21(20,12-13-4-1-2-5-13)18-10-8-17(9-11-18)14-15-6-3-7-16-14/h3,6-7,13H,1-2,4-5,8-12H2. The first kappa shape index (κ1) is 14.7. The number of hydrogen-bond donors (Lipinski definition) is 0. The van der Waals surface area contributed by atoms with Crippen LogP contribution in [0.15, 0.2) is 18.5 Å². The summed E-state index contributed by atoms with van der Waals surface area (Å²) < 4.78 is 26.6. The summed E-state index contributed by atoms with van der Waals surface area (Å²) in [7, 11) is -3.11. The topological polar surface area (TPSA) is 66.4 Å². The molecule has 7 heteroatoms. The molecule has 1 aromatic heterocycles. The Kier molecular flexibility index (Phi) is 4.40. The molecule has 1 aliphatic carbocycles. The smallest absolute Gasteiger partial charge is 0.225 e. The highest BCUT2D eigenvalue weighted by Crippen LogP contribution is 2.27. The average molecular weight is 310 g/mol. The summed E-state index contributed by atoms with van der Waals surface area (Å²) in [6, 6.07) is 1.78. The largest absolute Gasteiger partial charge is 0.338 e. The number of rotatable bonds is 4. The maximum atomic E-state index is 12.5. The van der Waals surface area contributed by atoms with E-state index in [-0.39, 0.29) is 0 Å². The van der Waals surface area contributed by atoms with Crippen LogP contribution in [0.1, 0.15) is 25.7 Å². The Morgan fingerprint density at radius 1 is 1.05 bits per heavy atom. The predicted molar refractivity (Wildman–Crippen MR) is 81.6 cm³/mol. The van der Waals surface area contributed by atoms with Crippen molar-refractivity contribution in [3.8, 4) is 0 Å². The minimum absolute atomic E-state index is 0.328. The zero-order valence-corrected chi connectivity index (χ0v) is 13.0. The molecule has 1 saturated heterocycles. The van der Waals surface area contributed by atoms with E-state index in [1.807, 2.05) is 4.90 Å². The van der Waals surface area contributed by atoms with Crippen LogP contribution in [0.5, 0.6) is 0 Å². The predicted octanol–water partition coefficient (Wildman–Crippen LogP) is 1.12. The van der Waals surface area contributed by atoms with E-state index in [1.165, 1.54) is 12.8 Å². The van der Waals surface area contributed by atoms with Crippen LogP contribution in [-0.4, -0.2) is 54.6 Å². The molecule has 3 rings (SSSR count). The van der Waals surface area contributed by atoms with Gasteiger partial charge in [-0.15, -0.1) is 0 Å². The molecule has 21 heavy (non-hydrogen) atoms. The molecule has 1 saturated carbocycles. The summed E-state index contributed by atoms with van der Waals surface area (Å²) in [4.78, 5) is 10.5. The van der Waals surface area contributed by atoms with Crippen molar-refractivity contribution >= 4 is 16.0 Å². The second-order valence-electron chi connectivity index (χ2n) is 5.86. The quantitative estimate of drug-likeness (QED) is 0.834. The Balaban J connectivity index is 1.57. The molecule has 0 bridgehead atoms. The minimum atomic E-state index is -3.11. The Bertz CT molecular complexity index is 550. The number of sulfonamides is 1. The fourth-order valence-corrected chi connectivity index (χ4v) is 5.06. The zero-order chi connectivity index (χ0) is 14.7. The van der Waals surface area contributed by atoms with Crippen LogP contribution in [0.3, 0.4) is 0 Å². The van der Waals surface area contributed by atoms with E-state index >= 15 is 0 Å². The first-order valence-corrected chi connectivity index (χ1v) is 9.26. The van der Waals surface area contributed by atoms with Gasteiger partial charge in [0, 0.05) is 38.6 Å². The van der Waals surface area contributed by atoms with E-state index in [4.69, 9.17) is 0 Å². The van der Waals surface area contributed by atoms with Crippen LogP contribution < -0.4 is 4.90 Å². The molecule has 2 aliphatic rings. The van der Waals surface area contributed by atoms with Gasteiger partial charge in [0.05, 0.1) is 5.75 Å². The highest BCUT2D eigenvalue weighted by Gasteiger charge is 2.30. The van der Waals surface area contributed by atoms with Gasteiger partial charge in [0.15, 0.2) is 0 Å². The molecule has 0 radical (unpaired) electrons. The fourth-order valence-electron chi connectivity index (χ4n) is 3.20. The lowest BCUT2D eigenvalue weighted by molar-refractivity contribution is 0.377. The number of piperazine rings is 1. The van der Waals surface area contributed by atoms with Gasteiger partial charge in [-0.3, -0.25) is 0 Å².